The lowest BCUT2D eigenvalue weighted by Gasteiger charge is -2.53. The van der Waals surface area contributed by atoms with Gasteiger partial charge >= 0.3 is 16.4 Å². The molecule has 0 aromatic rings. The van der Waals surface area contributed by atoms with Crippen molar-refractivity contribution in [1.29, 1.82) is 0 Å². The summed E-state index contributed by atoms with van der Waals surface area (Å²) in [5.41, 5.74) is 3.02. The van der Waals surface area contributed by atoms with Gasteiger partial charge in [0.05, 0.1) is 6.61 Å². The SMILES string of the molecule is C[C@H]1CC[C@H]2C(=CCCC2(C)C)[C@@]1(C)CC[C@H](CCCC1=CC(=O)OC1)COS(=O)(=O)O. The van der Waals surface area contributed by atoms with Crippen LogP contribution in [-0.2, 0) is 24.1 Å². The second-order valence-electron chi connectivity index (χ2n) is 11.1. The minimum absolute atomic E-state index is 0.00819. The van der Waals surface area contributed by atoms with Crippen LogP contribution in [-0.4, -0.2) is 32.2 Å². The number of fused-ring (bicyclic) bond motifs is 1. The van der Waals surface area contributed by atoms with Gasteiger partial charge in [-0.15, -0.1) is 0 Å². The first-order chi connectivity index (χ1) is 14.9. The molecule has 0 amide bonds. The fourth-order valence-electron chi connectivity index (χ4n) is 6.10. The van der Waals surface area contributed by atoms with E-state index >= 15 is 0 Å². The summed E-state index contributed by atoms with van der Waals surface area (Å²) in [6.45, 7) is 9.89. The zero-order valence-corrected chi connectivity index (χ0v) is 20.9. The first-order valence-electron chi connectivity index (χ1n) is 12.1. The first-order valence-corrected chi connectivity index (χ1v) is 13.5. The average molecular weight is 469 g/mol. The van der Waals surface area contributed by atoms with Crippen LogP contribution >= 0.6 is 0 Å². The van der Waals surface area contributed by atoms with Crippen molar-refractivity contribution in [1.82, 2.24) is 0 Å². The highest BCUT2D eigenvalue weighted by molar-refractivity contribution is 7.80. The van der Waals surface area contributed by atoms with Gasteiger partial charge in [0.25, 0.3) is 0 Å². The Kier molecular flexibility index (Phi) is 7.93. The number of rotatable bonds is 10. The zero-order valence-electron chi connectivity index (χ0n) is 20.1. The van der Waals surface area contributed by atoms with E-state index in [4.69, 9.17) is 13.5 Å². The first kappa shape index (κ1) is 25.4. The number of hydrogen-bond donors (Lipinski definition) is 1. The molecule has 6 nitrogen and oxygen atoms in total. The second kappa shape index (κ2) is 9.98. The van der Waals surface area contributed by atoms with Crippen LogP contribution in [0.4, 0.5) is 0 Å². The van der Waals surface area contributed by atoms with Crippen LogP contribution in [0.1, 0.15) is 85.5 Å². The summed E-state index contributed by atoms with van der Waals surface area (Å²) in [7, 11) is -4.46. The van der Waals surface area contributed by atoms with E-state index < -0.39 is 10.4 Å². The van der Waals surface area contributed by atoms with E-state index in [0.29, 0.717) is 23.9 Å². The fourth-order valence-corrected chi connectivity index (χ4v) is 6.46. The standard InChI is InChI=1S/C25H40O6S/c1-18-10-11-21-22(9-6-13-24(21,2)3)25(18,4)14-12-19(17-31-32(27,28)29)7-5-8-20-15-23(26)30-16-20/h9,15,18-19,21H,5-8,10-14,16-17H2,1-4H3,(H,27,28,29)/t18-,19-,21-,25-/m0/s1. The molecule has 2 aliphatic carbocycles. The van der Waals surface area contributed by atoms with Crippen LogP contribution in [0.2, 0.25) is 0 Å². The molecule has 32 heavy (non-hydrogen) atoms. The predicted molar refractivity (Wildman–Crippen MR) is 124 cm³/mol. The molecule has 0 spiro atoms. The number of cyclic esters (lactones) is 1. The van der Waals surface area contributed by atoms with E-state index in [0.717, 1.165) is 44.1 Å². The van der Waals surface area contributed by atoms with Gasteiger partial charge in [-0.2, -0.15) is 8.42 Å². The van der Waals surface area contributed by atoms with Crippen molar-refractivity contribution < 1.29 is 26.7 Å². The molecule has 1 aliphatic heterocycles. The van der Waals surface area contributed by atoms with Crippen molar-refractivity contribution in [3.05, 3.63) is 23.3 Å². The summed E-state index contributed by atoms with van der Waals surface area (Å²) in [5.74, 6) is 0.937. The van der Waals surface area contributed by atoms with Crippen LogP contribution in [0.5, 0.6) is 0 Å². The van der Waals surface area contributed by atoms with Gasteiger partial charge in [-0.1, -0.05) is 39.3 Å². The third kappa shape index (κ3) is 6.23. The molecule has 3 aliphatic rings. The molecular weight excluding hydrogens is 428 g/mol. The van der Waals surface area contributed by atoms with E-state index in [-0.39, 0.29) is 23.9 Å². The highest BCUT2D eigenvalue weighted by Gasteiger charge is 2.47. The van der Waals surface area contributed by atoms with Gasteiger partial charge in [0, 0.05) is 6.08 Å². The van der Waals surface area contributed by atoms with E-state index in [1.807, 2.05) is 0 Å². The molecule has 3 rings (SSSR count). The molecular formula is C25H40O6S. The highest BCUT2D eigenvalue weighted by atomic mass is 32.3. The normalized spacial score (nSPS) is 30.8. The maximum absolute atomic E-state index is 11.2. The van der Waals surface area contributed by atoms with Crippen molar-refractivity contribution in [3.8, 4) is 0 Å². The number of hydrogen-bond acceptors (Lipinski definition) is 5. The van der Waals surface area contributed by atoms with Crippen molar-refractivity contribution in [2.24, 2.45) is 28.6 Å². The molecule has 0 bridgehead atoms. The topological polar surface area (TPSA) is 89.9 Å². The molecule has 0 aromatic heterocycles. The minimum Gasteiger partial charge on any atom is -0.458 e. The van der Waals surface area contributed by atoms with Gasteiger partial charge in [0.2, 0.25) is 0 Å². The van der Waals surface area contributed by atoms with Crippen molar-refractivity contribution in [2.75, 3.05) is 13.2 Å². The molecule has 7 heteroatoms. The lowest BCUT2D eigenvalue weighted by Crippen LogP contribution is -2.43. The summed E-state index contributed by atoms with van der Waals surface area (Å²) in [5, 5.41) is 0. The maximum Gasteiger partial charge on any atom is 0.397 e. The van der Waals surface area contributed by atoms with Crippen molar-refractivity contribution >= 4 is 16.4 Å². The number of allylic oxidation sites excluding steroid dienone is 2. The molecule has 182 valence electrons. The number of carbonyl (C=O) groups excluding carboxylic acids is 1. The third-order valence-corrected chi connectivity index (χ3v) is 8.90. The quantitative estimate of drug-likeness (QED) is 0.253. The number of carbonyl (C=O) groups is 1. The maximum atomic E-state index is 11.2. The third-order valence-electron chi connectivity index (χ3n) is 8.46. The molecule has 0 unspecified atom stereocenters. The van der Waals surface area contributed by atoms with E-state index in [2.05, 4.69) is 33.8 Å². The van der Waals surface area contributed by atoms with Gasteiger partial charge < -0.3 is 4.74 Å². The van der Waals surface area contributed by atoms with Crippen LogP contribution in [0.3, 0.4) is 0 Å². The molecule has 4 atom stereocenters. The Morgan fingerprint density at radius 2 is 2.00 bits per heavy atom. The molecule has 1 heterocycles. The Labute approximate surface area is 193 Å². The summed E-state index contributed by atoms with van der Waals surface area (Å²) < 4.78 is 41.2. The molecule has 1 N–H and O–H groups in total. The predicted octanol–water partition coefficient (Wildman–Crippen LogP) is 5.65. The van der Waals surface area contributed by atoms with E-state index in [1.54, 1.807) is 11.6 Å². The van der Waals surface area contributed by atoms with Gasteiger partial charge in [-0.25, -0.2) is 8.98 Å². The van der Waals surface area contributed by atoms with E-state index in [9.17, 15) is 13.2 Å². The Hall–Kier alpha value is -1.18. The molecule has 0 radical (unpaired) electrons. The zero-order chi connectivity index (χ0) is 23.6. The van der Waals surface area contributed by atoms with Gasteiger partial charge in [-0.05, 0) is 91.9 Å². The lowest BCUT2D eigenvalue weighted by molar-refractivity contribution is -0.134. The van der Waals surface area contributed by atoms with Crippen LogP contribution in [0.25, 0.3) is 0 Å². The summed E-state index contributed by atoms with van der Waals surface area (Å²) >= 11 is 0. The summed E-state index contributed by atoms with van der Waals surface area (Å²) in [4.78, 5) is 11.2. The monoisotopic (exact) mass is 468 g/mol. The molecule has 0 aromatic carbocycles. The average Bonchev–Trinajstić information content (AvgIpc) is 3.11. The number of esters is 1. The van der Waals surface area contributed by atoms with E-state index in [1.165, 1.54) is 19.3 Å². The number of ether oxygens (including phenoxy) is 1. The lowest BCUT2D eigenvalue weighted by atomic mass is 9.52. The Morgan fingerprint density at radius 3 is 2.66 bits per heavy atom. The highest BCUT2D eigenvalue weighted by Crippen LogP contribution is 2.58. The molecule has 1 fully saturated rings. The Bertz CT molecular complexity index is 856. The smallest absolute Gasteiger partial charge is 0.397 e. The molecule has 0 saturated heterocycles. The van der Waals surface area contributed by atoms with Crippen LogP contribution < -0.4 is 0 Å². The van der Waals surface area contributed by atoms with Crippen LogP contribution in [0, 0.1) is 28.6 Å². The minimum atomic E-state index is -4.46. The largest absolute Gasteiger partial charge is 0.458 e. The Balaban J connectivity index is 1.66. The molecule has 1 saturated carbocycles. The van der Waals surface area contributed by atoms with Crippen LogP contribution in [0.15, 0.2) is 23.3 Å². The fraction of sp³-hybridized carbons (Fsp3) is 0.800. The summed E-state index contributed by atoms with van der Waals surface area (Å²) in [6.07, 6.45) is 13.0. The van der Waals surface area contributed by atoms with Crippen molar-refractivity contribution in [2.45, 2.75) is 85.5 Å². The summed E-state index contributed by atoms with van der Waals surface area (Å²) in [6, 6.07) is 0. The second-order valence-corrected chi connectivity index (χ2v) is 12.1. The van der Waals surface area contributed by atoms with Gasteiger partial charge in [-0.3, -0.25) is 4.55 Å². The van der Waals surface area contributed by atoms with Crippen molar-refractivity contribution in [3.63, 3.8) is 0 Å². The Morgan fingerprint density at radius 1 is 1.25 bits per heavy atom. The van der Waals surface area contributed by atoms with Gasteiger partial charge in [0.1, 0.15) is 6.61 Å². The van der Waals surface area contributed by atoms with Gasteiger partial charge in [0.15, 0.2) is 0 Å².